The van der Waals surface area contributed by atoms with Gasteiger partial charge in [0, 0.05) is 25.3 Å². The third-order valence-electron chi connectivity index (χ3n) is 5.03. The molecule has 2 aromatic rings. The summed E-state index contributed by atoms with van der Waals surface area (Å²) < 4.78 is 6.00. The fourth-order valence-corrected chi connectivity index (χ4v) is 4.31. The quantitative estimate of drug-likeness (QED) is 0.843. The molecule has 2 fully saturated rings. The largest absolute Gasteiger partial charge is 0.370 e. The number of nitrogens with zero attached hydrogens (tertiary/aromatic N) is 2. The maximum absolute atomic E-state index is 12.9. The molecule has 3 atom stereocenters. The van der Waals surface area contributed by atoms with Gasteiger partial charge in [-0.05, 0) is 53.8 Å². The average molecular weight is 372 g/mol. The lowest BCUT2D eigenvalue weighted by molar-refractivity contribution is -0.137. The van der Waals surface area contributed by atoms with Crippen LogP contribution in [0.4, 0.5) is 0 Å². The van der Waals surface area contributed by atoms with Gasteiger partial charge in [-0.1, -0.05) is 6.07 Å². The Morgan fingerprint density at radius 2 is 2.31 bits per heavy atom. The van der Waals surface area contributed by atoms with Crippen LogP contribution in [0.2, 0.25) is 0 Å². The number of pyridine rings is 1. The molecule has 7 heteroatoms. The first-order valence-corrected chi connectivity index (χ1v) is 10.1. The Morgan fingerprint density at radius 1 is 1.35 bits per heavy atom. The molecule has 2 aliphatic rings. The molecule has 0 bridgehead atoms. The molecular weight excluding hydrogens is 348 g/mol. The number of ether oxygens (including phenoxy) is 1. The summed E-state index contributed by atoms with van der Waals surface area (Å²) in [5.74, 6) is 0.168. The predicted molar refractivity (Wildman–Crippen MR) is 100 cm³/mol. The Labute approximate surface area is 157 Å². The van der Waals surface area contributed by atoms with E-state index in [-0.39, 0.29) is 24.1 Å². The van der Waals surface area contributed by atoms with Gasteiger partial charge in [0.15, 0.2) is 0 Å². The van der Waals surface area contributed by atoms with E-state index in [1.54, 1.807) is 17.5 Å². The number of carbonyl (C=O) groups is 1. The minimum atomic E-state index is -0.172. The highest BCUT2D eigenvalue weighted by atomic mass is 32.1. The molecule has 0 radical (unpaired) electrons. The summed E-state index contributed by atoms with van der Waals surface area (Å²) in [5.41, 5.74) is 8.60. The molecule has 3 unspecified atom stereocenters. The van der Waals surface area contributed by atoms with Crippen molar-refractivity contribution in [3.8, 4) is 0 Å². The molecule has 26 heavy (non-hydrogen) atoms. The van der Waals surface area contributed by atoms with Crippen LogP contribution in [-0.4, -0.2) is 41.0 Å². The van der Waals surface area contributed by atoms with Gasteiger partial charge in [-0.3, -0.25) is 9.78 Å². The van der Waals surface area contributed by atoms with Gasteiger partial charge in [0.25, 0.3) is 0 Å². The van der Waals surface area contributed by atoms with Crippen LogP contribution in [0.15, 0.2) is 41.2 Å². The Hall–Kier alpha value is -1.80. The van der Waals surface area contributed by atoms with Crippen LogP contribution in [0.25, 0.3) is 0 Å². The van der Waals surface area contributed by atoms with Crippen LogP contribution in [0.5, 0.6) is 0 Å². The lowest BCUT2D eigenvalue weighted by Gasteiger charge is -2.34. The summed E-state index contributed by atoms with van der Waals surface area (Å²) in [6.45, 7) is 1.97. The molecule has 0 saturated carbocycles. The second-order valence-corrected chi connectivity index (χ2v) is 7.65. The van der Waals surface area contributed by atoms with E-state index in [9.17, 15) is 4.79 Å². The van der Waals surface area contributed by atoms with Crippen molar-refractivity contribution in [3.63, 3.8) is 0 Å². The highest BCUT2D eigenvalue weighted by Gasteiger charge is 2.35. The second-order valence-electron chi connectivity index (χ2n) is 6.87. The normalized spacial score (nSPS) is 26.2. The SMILES string of the molecule is O=C(C1CC(c2ccsc2)NN1)N1CCCC(OCc2ccccn2)C1. The predicted octanol–water partition coefficient (Wildman–Crippen LogP) is 2.26. The lowest BCUT2D eigenvalue weighted by Crippen LogP contribution is -2.50. The van der Waals surface area contributed by atoms with Crippen molar-refractivity contribution in [2.24, 2.45) is 0 Å². The number of aromatic nitrogens is 1. The van der Waals surface area contributed by atoms with Gasteiger partial charge in [-0.15, -0.1) is 0 Å². The standard InChI is InChI=1S/C19H24N4O2S/c24-19(18-10-17(21-22-18)14-6-9-26-13-14)23-8-3-5-16(11-23)25-12-15-4-1-2-7-20-15/h1-2,4,6-7,9,13,16-18,21-22H,3,5,8,10-12H2. The maximum Gasteiger partial charge on any atom is 0.241 e. The lowest BCUT2D eigenvalue weighted by atomic mass is 10.0. The van der Waals surface area contributed by atoms with Crippen LogP contribution < -0.4 is 10.9 Å². The van der Waals surface area contributed by atoms with Gasteiger partial charge in [-0.25, -0.2) is 10.9 Å². The van der Waals surface area contributed by atoms with Crippen LogP contribution in [0, 0.1) is 0 Å². The van der Waals surface area contributed by atoms with Crippen molar-refractivity contribution in [2.75, 3.05) is 13.1 Å². The van der Waals surface area contributed by atoms with Gasteiger partial charge >= 0.3 is 0 Å². The topological polar surface area (TPSA) is 66.5 Å². The van der Waals surface area contributed by atoms with E-state index in [1.807, 2.05) is 23.1 Å². The average Bonchev–Trinajstić information content (AvgIpc) is 3.38. The van der Waals surface area contributed by atoms with Gasteiger partial charge < -0.3 is 9.64 Å². The fraction of sp³-hybridized carbons (Fsp3) is 0.474. The number of carbonyl (C=O) groups excluding carboxylic acids is 1. The van der Waals surface area contributed by atoms with E-state index in [0.29, 0.717) is 13.2 Å². The molecule has 138 valence electrons. The number of piperidine rings is 1. The van der Waals surface area contributed by atoms with Crippen molar-refractivity contribution >= 4 is 17.2 Å². The van der Waals surface area contributed by atoms with Crippen molar-refractivity contribution in [1.82, 2.24) is 20.7 Å². The molecule has 0 aromatic carbocycles. The van der Waals surface area contributed by atoms with Crippen LogP contribution >= 0.6 is 11.3 Å². The van der Waals surface area contributed by atoms with Gasteiger partial charge in [0.05, 0.1) is 18.4 Å². The Morgan fingerprint density at radius 3 is 3.12 bits per heavy atom. The highest BCUT2D eigenvalue weighted by molar-refractivity contribution is 7.07. The minimum absolute atomic E-state index is 0.0803. The fourth-order valence-electron chi connectivity index (χ4n) is 3.59. The molecule has 6 nitrogen and oxygen atoms in total. The molecule has 2 aromatic heterocycles. The zero-order valence-electron chi connectivity index (χ0n) is 14.6. The molecule has 2 N–H and O–H groups in total. The van der Waals surface area contributed by atoms with E-state index < -0.39 is 0 Å². The van der Waals surface area contributed by atoms with Crippen LogP contribution in [0.1, 0.15) is 36.6 Å². The Kier molecular flexibility index (Phi) is 5.59. The summed E-state index contributed by atoms with van der Waals surface area (Å²) >= 11 is 1.68. The zero-order valence-corrected chi connectivity index (χ0v) is 15.5. The first kappa shape index (κ1) is 17.6. The molecule has 1 amide bonds. The second kappa shape index (κ2) is 8.26. The molecule has 2 saturated heterocycles. The Bertz CT molecular complexity index is 710. The first-order chi connectivity index (χ1) is 12.8. The van der Waals surface area contributed by atoms with Crippen molar-refractivity contribution in [3.05, 3.63) is 52.5 Å². The van der Waals surface area contributed by atoms with Crippen molar-refractivity contribution in [2.45, 2.75) is 44.1 Å². The van der Waals surface area contributed by atoms with Crippen LogP contribution in [0.3, 0.4) is 0 Å². The number of hydrogen-bond acceptors (Lipinski definition) is 6. The summed E-state index contributed by atoms with van der Waals surface area (Å²) in [5, 5.41) is 4.20. The van der Waals surface area contributed by atoms with E-state index in [2.05, 4.69) is 32.7 Å². The van der Waals surface area contributed by atoms with Gasteiger partial charge in [0.2, 0.25) is 5.91 Å². The third kappa shape index (κ3) is 4.12. The van der Waals surface area contributed by atoms with E-state index in [4.69, 9.17) is 4.74 Å². The number of thiophene rings is 1. The van der Waals surface area contributed by atoms with E-state index >= 15 is 0 Å². The maximum atomic E-state index is 12.9. The Balaban J connectivity index is 1.29. The number of hydrogen-bond donors (Lipinski definition) is 2. The number of hydrazine groups is 1. The molecule has 0 spiro atoms. The summed E-state index contributed by atoms with van der Waals surface area (Å²) in [7, 11) is 0. The minimum Gasteiger partial charge on any atom is -0.370 e. The number of likely N-dealkylation sites (tertiary alicyclic amines) is 1. The number of rotatable bonds is 5. The first-order valence-electron chi connectivity index (χ1n) is 9.13. The summed E-state index contributed by atoms with van der Waals surface area (Å²) in [6, 6.07) is 7.97. The number of nitrogens with one attached hydrogen (secondary N) is 2. The third-order valence-corrected chi connectivity index (χ3v) is 5.73. The van der Waals surface area contributed by atoms with E-state index in [1.165, 1.54) is 5.56 Å². The zero-order chi connectivity index (χ0) is 17.8. The molecule has 4 rings (SSSR count). The highest BCUT2D eigenvalue weighted by Crippen LogP contribution is 2.25. The smallest absolute Gasteiger partial charge is 0.241 e. The van der Waals surface area contributed by atoms with Crippen molar-refractivity contribution < 1.29 is 9.53 Å². The van der Waals surface area contributed by atoms with Gasteiger partial charge in [0.1, 0.15) is 6.04 Å². The molecular formula is C19H24N4O2S. The van der Waals surface area contributed by atoms with Crippen molar-refractivity contribution in [1.29, 1.82) is 0 Å². The van der Waals surface area contributed by atoms with E-state index in [0.717, 1.165) is 31.5 Å². The number of amides is 1. The summed E-state index contributed by atoms with van der Waals surface area (Å²) in [4.78, 5) is 19.1. The molecule has 4 heterocycles. The van der Waals surface area contributed by atoms with Gasteiger partial charge in [-0.2, -0.15) is 11.3 Å². The van der Waals surface area contributed by atoms with Crippen LogP contribution in [-0.2, 0) is 16.1 Å². The molecule has 0 aliphatic carbocycles. The monoisotopic (exact) mass is 372 g/mol. The summed E-state index contributed by atoms with van der Waals surface area (Å²) in [6.07, 6.45) is 4.61. The molecule has 2 aliphatic heterocycles.